The molecule has 0 saturated carbocycles. The van der Waals surface area contributed by atoms with Crippen molar-refractivity contribution in [3.63, 3.8) is 0 Å². The quantitative estimate of drug-likeness (QED) is 0.756. The molecule has 2 aromatic heterocycles. The SMILES string of the molecule is Oc1cc(O)nc(-c2nc(Cc3ccccc3)co2)n1. The number of rotatable bonds is 3. The van der Waals surface area contributed by atoms with Crippen LogP contribution in [-0.2, 0) is 6.42 Å². The van der Waals surface area contributed by atoms with E-state index in [1.807, 2.05) is 30.3 Å². The van der Waals surface area contributed by atoms with Gasteiger partial charge in [0.1, 0.15) is 6.26 Å². The molecule has 3 rings (SSSR count). The van der Waals surface area contributed by atoms with Crippen molar-refractivity contribution in [2.45, 2.75) is 6.42 Å². The van der Waals surface area contributed by atoms with Gasteiger partial charge in [-0.05, 0) is 5.56 Å². The maximum atomic E-state index is 9.32. The Bertz CT molecular complexity index is 705. The minimum atomic E-state index is -0.338. The van der Waals surface area contributed by atoms with Crippen LogP contribution in [0.4, 0.5) is 0 Å². The molecule has 0 amide bonds. The summed E-state index contributed by atoms with van der Waals surface area (Å²) in [6, 6.07) is 10.9. The van der Waals surface area contributed by atoms with Gasteiger partial charge in [0.25, 0.3) is 5.89 Å². The van der Waals surface area contributed by atoms with Crippen LogP contribution >= 0.6 is 0 Å². The number of aromatic hydroxyl groups is 2. The second-order valence-electron chi connectivity index (χ2n) is 4.21. The van der Waals surface area contributed by atoms with Crippen LogP contribution in [0.5, 0.6) is 11.8 Å². The highest BCUT2D eigenvalue weighted by atomic mass is 16.3. The van der Waals surface area contributed by atoms with Gasteiger partial charge in [0.05, 0.1) is 11.8 Å². The van der Waals surface area contributed by atoms with Gasteiger partial charge in [-0.15, -0.1) is 0 Å². The largest absolute Gasteiger partial charge is 0.493 e. The maximum absolute atomic E-state index is 9.32. The van der Waals surface area contributed by atoms with Crippen LogP contribution in [0.2, 0.25) is 0 Å². The molecule has 0 saturated heterocycles. The third kappa shape index (κ3) is 2.59. The Balaban J connectivity index is 1.86. The van der Waals surface area contributed by atoms with Gasteiger partial charge in [-0.25, -0.2) is 4.98 Å². The molecule has 0 bridgehead atoms. The number of hydrogen-bond acceptors (Lipinski definition) is 6. The van der Waals surface area contributed by atoms with E-state index in [9.17, 15) is 10.2 Å². The zero-order chi connectivity index (χ0) is 13.9. The standard InChI is InChI=1S/C14H11N3O3/c18-11-7-12(19)17-13(16-11)14-15-10(8-20-14)6-9-4-2-1-3-5-9/h1-5,7-8H,6H2,(H2,16,17,18,19). The highest BCUT2D eigenvalue weighted by Gasteiger charge is 2.12. The predicted molar refractivity (Wildman–Crippen MR) is 70.1 cm³/mol. The lowest BCUT2D eigenvalue weighted by Crippen LogP contribution is -1.91. The summed E-state index contributed by atoms with van der Waals surface area (Å²) in [5.74, 6) is -0.477. The summed E-state index contributed by atoms with van der Waals surface area (Å²) in [5.41, 5.74) is 1.82. The summed E-state index contributed by atoms with van der Waals surface area (Å²) in [7, 11) is 0. The highest BCUT2D eigenvalue weighted by molar-refractivity contribution is 5.43. The zero-order valence-electron chi connectivity index (χ0n) is 10.4. The van der Waals surface area contributed by atoms with E-state index in [0.717, 1.165) is 17.3 Å². The summed E-state index contributed by atoms with van der Waals surface area (Å²) in [5, 5.41) is 18.6. The van der Waals surface area contributed by atoms with Crippen LogP contribution in [0.25, 0.3) is 11.7 Å². The average Bonchev–Trinajstić information content (AvgIpc) is 2.87. The van der Waals surface area contributed by atoms with Crippen molar-refractivity contribution >= 4 is 0 Å². The number of aromatic nitrogens is 3. The molecule has 2 heterocycles. The smallest absolute Gasteiger partial charge is 0.265 e. The van der Waals surface area contributed by atoms with Gasteiger partial charge in [0.15, 0.2) is 0 Å². The topological polar surface area (TPSA) is 92.3 Å². The normalized spacial score (nSPS) is 10.6. The Morgan fingerprint density at radius 3 is 2.35 bits per heavy atom. The first-order chi connectivity index (χ1) is 9.70. The summed E-state index contributed by atoms with van der Waals surface area (Å²) in [6.45, 7) is 0. The minimum absolute atomic E-state index is 0.0433. The van der Waals surface area contributed by atoms with Crippen LogP contribution < -0.4 is 0 Å². The molecule has 0 aliphatic carbocycles. The van der Waals surface area contributed by atoms with Gasteiger partial charge in [-0.2, -0.15) is 9.97 Å². The molecular formula is C14H11N3O3. The molecule has 0 unspecified atom stereocenters. The molecule has 0 radical (unpaired) electrons. The summed E-state index contributed by atoms with van der Waals surface area (Å²) >= 11 is 0. The molecule has 0 atom stereocenters. The van der Waals surface area contributed by atoms with Gasteiger partial charge in [0.2, 0.25) is 17.6 Å². The molecular weight excluding hydrogens is 258 g/mol. The van der Waals surface area contributed by atoms with Crippen molar-refractivity contribution < 1.29 is 14.6 Å². The van der Waals surface area contributed by atoms with Crippen molar-refractivity contribution in [1.82, 2.24) is 15.0 Å². The van der Waals surface area contributed by atoms with Crippen molar-refractivity contribution in [2.75, 3.05) is 0 Å². The van der Waals surface area contributed by atoms with Gasteiger partial charge in [-0.3, -0.25) is 0 Å². The van der Waals surface area contributed by atoms with Crippen LogP contribution in [0.1, 0.15) is 11.3 Å². The Morgan fingerprint density at radius 1 is 0.950 bits per heavy atom. The first kappa shape index (κ1) is 12.2. The maximum Gasteiger partial charge on any atom is 0.265 e. The molecule has 0 fully saturated rings. The summed E-state index contributed by atoms with van der Waals surface area (Å²) in [6.07, 6.45) is 2.13. The number of hydrogen-bond donors (Lipinski definition) is 2. The number of nitrogens with zero attached hydrogens (tertiary/aromatic N) is 3. The molecule has 6 heteroatoms. The van der Waals surface area contributed by atoms with Crippen LogP contribution in [0, 0.1) is 0 Å². The second-order valence-corrected chi connectivity index (χ2v) is 4.21. The molecule has 6 nitrogen and oxygen atoms in total. The van der Waals surface area contributed by atoms with Gasteiger partial charge < -0.3 is 14.6 Å². The Hall–Kier alpha value is -2.89. The van der Waals surface area contributed by atoms with Crippen LogP contribution in [0.3, 0.4) is 0 Å². The summed E-state index contributed by atoms with van der Waals surface area (Å²) < 4.78 is 5.27. The molecule has 0 aliphatic rings. The number of oxazole rings is 1. The van der Waals surface area contributed by atoms with Gasteiger partial charge in [-0.1, -0.05) is 30.3 Å². The Morgan fingerprint density at radius 2 is 1.65 bits per heavy atom. The lowest BCUT2D eigenvalue weighted by atomic mass is 10.1. The van der Waals surface area contributed by atoms with E-state index in [1.54, 1.807) is 0 Å². The molecule has 0 aliphatic heterocycles. The van der Waals surface area contributed by atoms with E-state index in [1.165, 1.54) is 6.26 Å². The number of benzene rings is 1. The third-order valence-corrected chi connectivity index (χ3v) is 2.67. The molecule has 0 spiro atoms. The fourth-order valence-corrected chi connectivity index (χ4v) is 1.81. The molecule has 3 aromatic rings. The van der Waals surface area contributed by atoms with Gasteiger partial charge >= 0.3 is 0 Å². The van der Waals surface area contributed by atoms with E-state index in [2.05, 4.69) is 15.0 Å². The van der Waals surface area contributed by atoms with Crippen molar-refractivity contribution in [2.24, 2.45) is 0 Å². The molecule has 20 heavy (non-hydrogen) atoms. The average molecular weight is 269 g/mol. The second kappa shape index (κ2) is 5.00. The van der Waals surface area contributed by atoms with Crippen molar-refractivity contribution in [3.8, 4) is 23.5 Å². The van der Waals surface area contributed by atoms with Crippen molar-refractivity contribution in [3.05, 3.63) is 53.9 Å². The zero-order valence-corrected chi connectivity index (χ0v) is 10.4. The molecule has 2 N–H and O–H groups in total. The van der Waals surface area contributed by atoms with Gasteiger partial charge in [0, 0.05) is 6.42 Å². The van der Waals surface area contributed by atoms with E-state index in [-0.39, 0.29) is 23.5 Å². The van der Waals surface area contributed by atoms with E-state index >= 15 is 0 Å². The first-order valence-electron chi connectivity index (χ1n) is 5.96. The highest BCUT2D eigenvalue weighted by Crippen LogP contribution is 2.21. The van der Waals surface area contributed by atoms with Crippen LogP contribution in [-0.4, -0.2) is 25.2 Å². The lowest BCUT2D eigenvalue weighted by molar-refractivity contribution is 0.420. The van der Waals surface area contributed by atoms with E-state index < -0.39 is 0 Å². The third-order valence-electron chi connectivity index (χ3n) is 2.67. The molecule has 1 aromatic carbocycles. The van der Waals surface area contributed by atoms with E-state index in [0.29, 0.717) is 6.42 Å². The van der Waals surface area contributed by atoms with Crippen LogP contribution in [0.15, 0.2) is 47.1 Å². The minimum Gasteiger partial charge on any atom is -0.493 e. The first-order valence-corrected chi connectivity index (χ1v) is 5.96. The molecule has 100 valence electrons. The Kier molecular flexibility index (Phi) is 3.04. The predicted octanol–water partition coefficient (Wildman–Crippen LogP) is 2.13. The summed E-state index contributed by atoms with van der Waals surface area (Å²) in [4.78, 5) is 11.7. The van der Waals surface area contributed by atoms with E-state index in [4.69, 9.17) is 4.42 Å². The Labute approximate surface area is 114 Å². The van der Waals surface area contributed by atoms with Crippen molar-refractivity contribution in [1.29, 1.82) is 0 Å². The monoisotopic (exact) mass is 269 g/mol. The fourth-order valence-electron chi connectivity index (χ4n) is 1.81. The lowest BCUT2D eigenvalue weighted by Gasteiger charge is -1.97. The fraction of sp³-hybridized carbons (Fsp3) is 0.0714.